The molecule has 0 saturated carbocycles. The van der Waals surface area contributed by atoms with Crippen molar-refractivity contribution < 1.29 is 0 Å². The van der Waals surface area contributed by atoms with Crippen molar-refractivity contribution in [2.45, 2.75) is 59.9 Å². The lowest BCUT2D eigenvalue weighted by atomic mass is 9.89. The molecule has 0 bridgehead atoms. The summed E-state index contributed by atoms with van der Waals surface area (Å²) >= 11 is 1.84. The van der Waals surface area contributed by atoms with Crippen molar-refractivity contribution in [1.82, 2.24) is 4.90 Å². The average Bonchev–Trinajstić information content (AvgIpc) is 2.52. The second-order valence-electron chi connectivity index (χ2n) is 5.63. The smallest absolute Gasteiger partial charge is 0.0836 e. The number of piperidine rings is 1. The van der Waals surface area contributed by atoms with E-state index in [0.29, 0.717) is 6.04 Å². The van der Waals surface area contributed by atoms with Crippen LogP contribution in [-0.4, -0.2) is 23.7 Å². The molecule has 0 radical (unpaired) electrons. The summed E-state index contributed by atoms with van der Waals surface area (Å²) in [7, 11) is 0. The van der Waals surface area contributed by atoms with Crippen LogP contribution in [0.25, 0.3) is 0 Å². The van der Waals surface area contributed by atoms with Gasteiger partial charge in [-0.15, -0.1) is 17.5 Å². The zero-order valence-electron chi connectivity index (χ0n) is 15.1. The highest BCUT2D eigenvalue weighted by atomic mass is 32.2. The lowest BCUT2D eigenvalue weighted by Gasteiger charge is -2.40. The van der Waals surface area contributed by atoms with Gasteiger partial charge < -0.3 is 4.90 Å². The molecular formula is C20H31NS. The maximum atomic E-state index is 3.97. The second-order valence-corrected chi connectivity index (χ2v) is 6.53. The van der Waals surface area contributed by atoms with E-state index in [-0.39, 0.29) is 0 Å². The molecular weight excluding hydrogens is 286 g/mol. The van der Waals surface area contributed by atoms with Gasteiger partial charge in [-0.2, -0.15) is 0 Å². The third kappa shape index (κ3) is 4.00. The molecule has 0 spiro atoms. The van der Waals surface area contributed by atoms with Crippen molar-refractivity contribution >= 4 is 11.8 Å². The first-order valence-electron chi connectivity index (χ1n) is 8.31. The van der Waals surface area contributed by atoms with Crippen molar-refractivity contribution in [2.75, 3.05) is 12.8 Å². The Morgan fingerprint density at radius 3 is 2.59 bits per heavy atom. The molecule has 0 aromatic heterocycles. The summed E-state index contributed by atoms with van der Waals surface area (Å²) in [6, 6.07) is 0.385. The number of hydrogen-bond acceptors (Lipinski definition) is 2. The average molecular weight is 318 g/mol. The Kier molecular flexibility index (Phi) is 7.85. The van der Waals surface area contributed by atoms with Gasteiger partial charge in [0.2, 0.25) is 0 Å². The van der Waals surface area contributed by atoms with Gasteiger partial charge in [-0.1, -0.05) is 32.6 Å². The first-order valence-corrected chi connectivity index (χ1v) is 9.54. The summed E-state index contributed by atoms with van der Waals surface area (Å²) < 4.78 is 0. The van der Waals surface area contributed by atoms with E-state index in [2.05, 4.69) is 70.2 Å². The SMILES string of the molecule is C=C=C(/C(C)=C(\CC)SC)N1CCC(=C/CC)/C(=C\C)C1C. The summed E-state index contributed by atoms with van der Waals surface area (Å²) in [5.41, 5.74) is 8.69. The van der Waals surface area contributed by atoms with Crippen molar-refractivity contribution in [3.63, 3.8) is 0 Å². The fraction of sp³-hybridized carbons (Fsp3) is 0.550. The fourth-order valence-electron chi connectivity index (χ4n) is 3.36. The Morgan fingerprint density at radius 1 is 1.45 bits per heavy atom. The van der Waals surface area contributed by atoms with Crippen LogP contribution in [0.3, 0.4) is 0 Å². The summed E-state index contributed by atoms with van der Waals surface area (Å²) in [6.45, 7) is 16.1. The van der Waals surface area contributed by atoms with Gasteiger partial charge in [-0.3, -0.25) is 0 Å². The van der Waals surface area contributed by atoms with Gasteiger partial charge in [0, 0.05) is 6.54 Å². The standard InChI is InChI=1S/C20H31NS/c1-8-12-17-13-14-21(16(6)18(17)9-2)19(10-3)15(5)20(11-4)22-7/h9,12,16H,3,8,11,13-14H2,1-2,4-7H3/b17-12-,18-9-,20-15+. The molecule has 1 saturated heterocycles. The quantitative estimate of drug-likeness (QED) is 0.446. The van der Waals surface area contributed by atoms with Crippen LogP contribution >= 0.6 is 11.8 Å². The monoisotopic (exact) mass is 317 g/mol. The molecule has 1 rings (SSSR count). The third-order valence-electron chi connectivity index (χ3n) is 4.47. The Morgan fingerprint density at radius 2 is 2.14 bits per heavy atom. The summed E-state index contributed by atoms with van der Waals surface area (Å²) in [6.07, 6.45) is 10.1. The summed E-state index contributed by atoms with van der Waals surface area (Å²) in [4.78, 5) is 3.89. The van der Waals surface area contributed by atoms with E-state index in [1.807, 2.05) is 11.8 Å². The van der Waals surface area contributed by atoms with E-state index in [1.54, 1.807) is 0 Å². The summed E-state index contributed by atoms with van der Waals surface area (Å²) in [5.74, 6) is 0. The van der Waals surface area contributed by atoms with E-state index in [0.717, 1.165) is 25.8 Å². The van der Waals surface area contributed by atoms with Crippen LogP contribution in [-0.2, 0) is 0 Å². The molecule has 1 aliphatic rings. The minimum atomic E-state index is 0.385. The lowest BCUT2D eigenvalue weighted by Crippen LogP contribution is -2.39. The minimum Gasteiger partial charge on any atom is -0.358 e. The van der Waals surface area contributed by atoms with Gasteiger partial charge in [0.1, 0.15) is 0 Å². The van der Waals surface area contributed by atoms with Crippen molar-refractivity contribution in [3.05, 3.63) is 51.8 Å². The predicted octanol–water partition coefficient (Wildman–Crippen LogP) is 6.08. The van der Waals surface area contributed by atoms with Crippen LogP contribution in [0.4, 0.5) is 0 Å². The van der Waals surface area contributed by atoms with Gasteiger partial charge in [-0.25, -0.2) is 0 Å². The van der Waals surface area contributed by atoms with Crippen LogP contribution in [0, 0.1) is 0 Å². The Labute approximate surface area is 141 Å². The number of allylic oxidation sites excluding steroid dienone is 4. The van der Waals surface area contributed by atoms with Gasteiger partial charge in [0.25, 0.3) is 0 Å². The van der Waals surface area contributed by atoms with Crippen LogP contribution in [0.1, 0.15) is 53.9 Å². The summed E-state index contributed by atoms with van der Waals surface area (Å²) in [5, 5.41) is 0. The first-order chi connectivity index (χ1) is 10.5. The van der Waals surface area contributed by atoms with Crippen molar-refractivity contribution in [1.29, 1.82) is 0 Å². The molecule has 1 nitrogen and oxygen atoms in total. The fourth-order valence-corrected chi connectivity index (χ4v) is 4.05. The van der Waals surface area contributed by atoms with E-state index in [1.165, 1.54) is 27.3 Å². The molecule has 1 fully saturated rings. The number of hydrogen-bond donors (Lipinski definition) is 0. The Hall–Kier alpha value is -1.11. The van der Waals surface area contributed by atoms with E-state index in [9.17, 15) is 0 Å². The van der Waals surface area contributed by atoms with Crippen LogP contribution in [0.5, 0.6) is 0 Å². The zero-order valence-corrected chi connectivity index (χ0v) is 15.9. The number of thioether (sulfide) groups is 1. The molecule has 22 heavy (non-hydrogen) atoms. The molecule has 1 heterocycles. The van der Waals surface area contributed by atoms with Gasteiger partial charge in [0.05, 0.1) is 11.7 Å². The van der Waals surface area contributed by atoms with Crippen molar-refractivity contribution in [2.24, 2.45) is 0 Å². The Bertz CT molecular complexity index is 524. The minimum absolute atomic E-state index is 0.385. The van der Waals surface area contributed by atoms with Gasteiger partial charge >= 0.3 is 0 Å². The van der Waals surface area contributed by atoms with Crippen LogP contribution in [0.2, 0.25) is 0 Å². The molecule has 0 aliphatic carbocycles. The third-order valence-corrected chi connectivity index (χ3v) is 5.56. The predicted molar refractivity (Wildman–Crippen MR) is 102 cm³/mol. The van der Waals surface area contributed by atoms with Crippen LogP contribution in [0.15, 0.2) is 51.8 Å². The molecule has 122 valence electrons. The van der Waals surface area contributed by atoms with Gasteiger partial charge in [-0.05, 0) is 67.9 Å². The first kappa shape index (κ1) is 18.9. The number of likely N-dealkylation sites (tertiary alicyclic amines) is 1. The topological polar surface area (TPSA) is 3.24 Å². The molecule has 1 unspecified atom stereocenters. The lowest BCUT2D eigenvalue weighted by molar-refractivity contribution is 0.286. The number of rotatable bonds is 5. The van der Waals surface area contributed by atoms with Crippen LogP contribution < -0.4 is 0 Å². The number of nitrogens with zero attached hydrogens (tertiary/aromatic N) is 1. The molecule has 1 aliphatic heterocycles. The van der Waals surface area contributed by atoms with Crippen molar-refractivity contribution in [3.8, 4) is 0 Å². The highest BCUT2D eigenvalue weighted by Gasteiger charge is 2.27. The Balaban J connectivity index is 3.20. The molecule has 0 aromatic carbocycles. The highest BCUT2D eigenvalue weighted by Crippen LogP contribution is 2.34. The molecule has 1 atom stereocenters. The zero-order chi connectivity index (χ0) is 16.7. The molecule has 0 aromatic rings. The maximum absolute atomic E-state index is 3.97. The molecule has 0 amide bonds. The van der Waals surface area contributed by atoms with E-state index >= 15 is 0 Å². The molecule has 2 heteroatoms. The maximum Gasteiger partial charge on any atom is 0.0836 e. The second kappa shape index (κ2) is 9.12. The largest absolute Gasteiger partial charge is 0.358 e. The highest BCUT2D eigenvalue weighted by molar-refractivity contribution is 8.02. The normalized spacial score (nSPS) is 23.5. The van der Waals surface area contributed by atoms with E-state index < -0.39 is 0 Å². The van der Waals surface area contributed by atoms with Gasteiger partial charge in [0.15, 0.2) is 0 Å². The van der Waals surface area contributed by atoms with E-state index in [4.69, 9.17) is 0 Å². The molecule has 0 N–H and O–H groups in total.